The van der Waals surface area contributed by atoms with E-state index in [0.29, 0.717) is 5.41 Å². The molecule has 3 aromatic rings. The van der Waals surface area contributed by atoms with Crippen molar-refractivity contribution in [3.8, 4) is 16.9 Å². The van der Waals surface area contributed by atoms with Crippen molar-refractivity contribution in [2.75, 3.05) is 0 Å². The SMILES string of the molecule is Cc1nc(-c2ccc(-n3nncc3C34CC5CC(CC(C5)C3)C4)cc2)cs1. The first-order valence-electron chi connectivity index (χ1n) is 10.1. The van der Waals surface area contributed by atoms with E-state index in [1.165, 1.54) is 49.8 Å². The van der Waals surface area contributed by atoms with Gasteiger partial charge in [0, 0.05) is 16.4 Å². The molecule has 0 amide bonds. The number of nitrogens with zero attached hydrogens (tertiary/aromatic N) is 4. The van der Waals surface area contributed by atoms with Crippen LogP contribution in [0.1, 0.15) is 49.2 Å². The lowest BCUT2D eigenvalue weighted by Gasteiger charge is -2.56. The van der Waals surface area contributed by atoms with Crippen LogP contribution in [0.2, 0.25) is 0 Å². The fraction of sp³-hybridized carbons (Fsp3) is 0.500. The van der Waals surface area contributed by atoms with Gasteiger partial charge in [-0.2, -0.15) is 0 Å². The molecule has 7 rings (SSSR count). The largest absolute Gasteiger partial charge is 0.242 e. The van der Waals surface area contributed by atoms with Gasteiger partial charge in [0.1, 0.15) is 0 Å². The lowest BCUT2D eigenvalue weighted by atomic mass is 9.49. The van der Waals surface area contributed by atoms with E-state index in [0.717, 1.165) is 34.1 Å². The molecule has 4 aliphatic carbocycles. The number of aromatic nitrogens is 4. The quantitative estimate of drug-likeness (QED) is 0.633. The van der Waals surface area contributed by atoms with Crippen LogP contribution in [0.25, 0.3) is 16.9 Å². The zero-order chi connectivity index (χ0) is 18.0. The zero-order valence-corrected chi connectivity index (χ0v) is 16.5. The van der Waals surface area contributed by atoms with Crippen LogP contribution in [0.4, 0.5) is 0 Å². The van der Waals surface area contributed by atoms with Gasteiger partial charge in [-0.3, -0.25) is 0 Å². The monoisotopic (exact) mass is 376 g/mol. The molecule has 0 spiro atoms. The van der Waals surface area contributed by atoms with Crippen LogP contribution in [0.5, 0.6) is 0 Å². The van der Waals surface area contributed by atoms with Gasteiger partial charge < -0.3 is 0 Å². The van der Waals surface area contributed by atoms with Gasteiger partial charge in [0.25, 0.3) is 0 Å². The lowest BCUT2D eigenvalue weighted by molar-refractivity contribution is -0.00827. The molecule has 0 unspecified atom stereocenters. The normalized spacial score (nSPS) is 31.5. The van der Waals surface area contributed by atoms with Gasteiger partial charge in [-0.25, -0.2) is 9.67 Å². The first-order valence-corrected chi connectivity index (χ1v) is 11.0. The summed E-state index contributed by atoms with van der Waals surface area (Å²) in [6.07, 6.45) is 10.4. The Kier molecular flexibility index (Phi) is 3.40. The molecule has 5 heteroatoms. The molecule has 0 saturated heterocycles. The summed E-state index contributed by atoms with van der Waals surface area (Å²) in [4.78, 5) is 4.60. The number of aryl methyl sites for hydroxylation is 1. The molecular formula is C22H24N4S. The predicted octanol–water partition coefficient (Wildman–Crippen LogP) is 5.17. The molecule has 4 nitrogen and oxygen atoms in total. The van der Waals surface area contributed by atoms with E-state index in [4.69, 9.17) is 0 Å². The van der Waals surface area contributed by atoms with Gasteiger partial charge in [0.2, 0.25) is 0 Å². The minimum Gasteiger partial charge on any atom is -0.242 e. The molecule has 2 heterocycles. The number of hydrogen-bond donors (Lipinski definition) is 0. The van der Waals surface area contributed by atoms with E-state index in [1.807, 2.05) is 6.20 Å². The summed E-state index contributed by atoms with van der Waals surface area (Å²) in [7, 11) is 0. The van der Waals surface area contributed by atoms with Crippen LogP contribution >= 0.6 is 11.3 Å². The van der Waals surface area contributed by atoms with Crippen molar-refractivity contribution >= 4 is 11.3 Å². The Balaban J connectivity index is 1.36. The van der Waals surface area contributed by atoms with Crippen molar-refractivity contribution in [3.05, 3.63) is 46.5 Å². The van der Waals surface area contributed by atoms with E-state index in [2.05, 4.69) is 56.5 Å². The van der Waals surface area contributed by atoms with Crippen molar-refractivity contribution in [2.45, 2.75) is 50.9 Å². The number of rotatable bonds is 3. The molecule has 138 valence electrons. The second-order valence-electron chi connectivity index (χ2n) is 9.03. The molecule has 4 fully saturated rings. The van der Waals surface area contributed by atoms with Crippen molar-refractivity contribution < 1.29 is 0 Å². The van der Waals surface area contributed by atoms with Crippen molar-refractivity contribution in [3.63, 3.8) is 0 Å². The van der Waals surface area contributed by atoms with E-state index in [-0.39, 0.29) is 0 Å². The van der Waals surface area contributed by atoms with Gasteiger partial charge in [-0.05, 0) is 75.3 Å². The molecule has 1 aromatic carbocycles. The van der Waals surface area contributed by atoms with Crippen LogP contribution in [0.3, 0.4) is 0 Å². The molecule has 27 heavy (non-hydrogen) atoms. The summed E-state index contributed by atoms with van der Waals surface area (Å²) < 4.78 is 2.11. The molecule has 0 N–H and O–H groups in total. The lowest BCUT2D eigenvalue weighted by Crippen LogP contribution is -2.49. The summed E-state index contributed by atoms with van der Waals surface area (Å²) in [5, 5.41) is 12.1. The van der Waals surface area contributed by atoms with Crippen LogP contribution in [0.15, 0.2) is 35.8 Å². The zero-order valence-electron chi connectivity index (χ0n) is 15.6. The van der Waals surface area contributed by atoms with Crippen molar-refractivity contribution in [2.24, 2.45) is 17.8 Å². The highest BCUT2D eigenvalue weighted by atomic mass is 32.1. The molecule has 0 atom stereocenters. The highest BCUT2D eigenvalue weighted by Crippen LogP contribution is 2.60. The highest BCUT2D eigenvalue weighted by molar-refractivity contribution is 7.09. The Hall–Kier alpha value is -2.01. The smallest absolute Gasteiger partial charge is 0.0901 e. The Morgan fingerprint density at radius 3 is 2.26 bits per heavy atom. The van der Waals surface area contributed by atoms with Crippen LogP contribution < -0.4 is 0 Å². The molecule has 0 radical (unpaired) electrons. The fourth-order valence-electron chi connectivity index (χ4n) is 6.48. The van der Waals surface area contributed by atoms with Crippen LogP contribution in [0, 0.1) is 24.7 Å². The molecule has 4 aliphatic rings. The van der Waals surface area contributed by atoms with Gasteiger partial charge in [-0.1, -0.05) is 17.3 Å². The summed E-state index contributed by atoms with van der Waals surface area (Å²) in [5.74, 6) is 2.78. The third-order valence-electron chi connectivity index (χ3n) is 7.16. The Bertz CT molecular complexity index is 949. The molecular weight excluding hydrogens is 352 g/mol. The number of hydrogen-bond acceptors (Lipinski definition) is 4. The Morgan fingerprint density at radius 1 is 1.00 bits per heavy atom. The summed E-state index contributed by atoms with van der Waals surface area (Å²) in [6, 6.07) is 8.66. The fourth-order valence-corrected chi connectivity index (χ4v) is 7.10. The Morgan fingerprint density at radius 2 is 1.67 bits per heavy atom. The Labute approximate surface area is 163 Å². The topological polar surface area (TPSA) is 43.6 Å². The van der Waals surface area contributed by atoms with Crippen LogP contribution in [-0.4, -0.2) is 20.0 Å². The van der Waals surface area contributed by atoms with E-state index in [9.17, 15) is 0 Å². The third-order valence-corrected chi connectivity index (χ3v) is 7.93. The standard InChI is InChI=1S/C22H24N4S/c1-14-24-20(13-27-14)18-2-4-19(5-3-18)26-21(12-23-25-26)22-9-15-6-16(10-22)8-17(7-15)11-22/h2-5,12-13,15-17H,6-11H2,1H3. The van der Waals surface area contributed by atoms with Gasteiger partial charge >= 0.3 is 0 Å². The number of benzene rings is 1. The van der Waals surface area contributed by atoms with E-state index >= 15 is 0 Å². The van der Waals surface area contributed by atoms with Gasteiger partial charge in [0.15, 0.2) is 0 Å². The summed E-state index contributed by atoms with van der Waals surface area (Å²) in [6.45, 7) is 2.05. The second kappa shape index (κ2) is 5.74. The number of thiazole rings is 1. The molecule has 2 aromatic heterocycles. The molecule has 4 bridgehead atoms. The van der Waals surface area contributed by atoms with Gasteiger partial charge in [0.05, 0.1) is 28.3 Å². The van der Waals surface area contributed by atoms with Crippen molar-refractivity contribution in [1.29, 1.82) is 0 Å². The van der Waals surface area contributed by atoms with E-state index in [1.54, 1.807) is 11.3 Å². The van der Waals surface area contributed by atoms with E-state index < -0.39 is 0 Å². The first kappa shape index (κ1) is 16.0. The highest BCUT2D eigenvalue weighted by Gasteiger charge is 2.53. The summed E-state index contributed by atoms with van der Waals surface area (Å²) >= 11 is 1.70. The first-order chi connectivity index (χ1) is 13.2. The maximum absolute atomic E-state index is 4.60. The minimum absolute atomic E-state index is 0.308. The maximum Gasteiger partial charge on any atom is 0.0901 e. The maximum atomic E-state index is 4.60. The predicted molar refractivity (Wildman–Crippen MR) is 107 cm³/mol. The van der Waals surface area contributed by atoms with Crippen molar-refractivity contribution in [1.82, 2.24) is 20.0 Å². The average Bonchev–Trinajstić information content (AvgIpc) is 3.30. The second-order valence-corrected chi connectivity index (χ2v) is 10.1. The molecule has 4 saturated carbocycles. The van der Waals surface area contributed by atoms with Gasteiger partial charge in [-0.15, -0.1) is 16.4 Å². The minimum atomic E-state index is 0.308. The third kappa shape index (κ3) is 2.51. The average molecular weight is 377 g/mol. The summed E-state index contributed by atoms with van der Waals surface area (Å²) in [5.41, 5.74) is 5.00. The molecule has 0 aliphatic heterocycles. The van der Waals surface area contributed by atoms with Crippen LogP contribution in [-0.2, 0) is 5.41 Å².